The van der Waals surface area contributed by atoms with Crippen LogP contribution in [-0.2, 0) is 4.74 Å². The van der Waals surface area contributed by atoms with Crippen molar-refractivity contribution in [1.29, 1.82) is 0 Å². The maximum Gasteiger partial charge on any atom is 0.183 e. The Morgan fingerprint density at radius 3 is 1.60 bits per heavy atom. The Morgan fingerprint density at radius 2 is 1.20 bits per heavy atom. The zero-order valence-corrected chi connectivity index (χ0v) is 17.5. The second-order valence-corrected chi connectivity index (χ2v) is 8.34. The van der Waals surface area contributed by atoms with Crippen molar-refractivity contribution in [1.82, 2.24) is 0 Å². The van der Waals surface area contributed by atoms with Gasteiger partial charge in [0.05, 0.1) is 6.04 Å². The van der Waals surface area contributed by atoms with E-state index in [1.807, 2.05) is 0 Å². The molecule has 1 aliphatic rings. The molecule has 148 valence electrons. The van der Waals surface area contributed by atoms with Crippen molar-refractivity contribution in [3.63, 3.8) is 0 Å². The molecule has 0 amide bonds. The Labute approximate surface area is 158 Å². The Hall–Kier alpha value is -0.530. The molecule has 1 aliphatic heterocycles. The predicted molar refractivity (Wildman–Crippen MR) is 112 cm³/mol. The third-order valence-electron chi connectivity index (χ3n) is 5.49. The number of aliphatic imine (C=N–C) groups is 1. The van der Waals surface area contributed by atoms with Crippen LogP contribution in [0.3, 0.4) is 0 Å². The minimum atomic E-state index is 0.409. The maximum atomic E-state index is 5.70. The van der Waals surface area contributed by atoms with Gasteiger partial charge >= 0.3 is 0 Å². The molecule has 0 aromatic carbocycles. The van der Waals surface area contributed by atoms with Crippen LogP contribution in [0.15, 0.2) is 4.99 Å². The molecule has 0 fully saturated rings. The number of ether oxygens (including phenoxy) is 1. The minimum absolute atomic E-state index is 0.409. The summed E-state index contributed by atoms with van der Waals surface area (Å²) in [4.78, 5) is 4.69. The second-order valence-electron chi connectivity index (χ2n) is 8.34. The average molecular weight is 352 g/mol. The SMILES string of the molecule is CCCCCCCCCCCCCCCCCC1=N[C@@H](C(C)C)CO1. The van der Waals surface area contributed by atoms with Crippen molar-refractivity contribution in [2.24, 2.45) is 10.9 Å². The lowest BCUT2D eigenvalue weighted by molar-refractivity contribution is 0.285. The molecule has 0 N–H and O–H groups in total. The summed E-state index contributed by atoms with van der Waals surface area (Å²) >= 11 is 0. The van der Waals surface area contributed by atoms with E-state index in [0.29, 0.717) is 12.0 Å². The normalized spacial score (nSPS) is 17.1. The van der Waals surface area contributed by atoms with Gasteiger partial charge in [-0.2, -0.15) is 0 Å². The van der Waals surface area contributed by atoms with Crippen LogP contribution in [0, 0.1) is 5.92 Å². The van der Waals surface area contributed by atoms with Crippen LogP contribution in [0.25, 0.3) is 0 Å². The molecule has 0 saturated carbocycles. The molecule has 1 heterocycles. The first-order chi connectivity index (χ1) is 12.2. The number of rotatable bonds is 17. The molecule has 25 heavy (non-hydrogen) atoms. The van der Waals surface area contributed by atoms with E-state index in [4.69, 9.17) is 4.74 Å². The minimum Gasteiger partial charge on any atom is -0.479 e. The summed E-state index contributed by atoms with van der Waals surface area (Å²) in [7, 11) is 0. The third-order valence-corrected chi connectivity index (χ3v) is 5.49. The first-order valence-corrected chi connectivity index (χ1v) is 11.4. The summed E-state index contributed by atoms with van der Waals surface area (Å²) < 4.78 is 5.70. The van der Waals surface area contributed by atoms with E-state index in [0.717, 1.165) is 18.9 Å². The van der Waals surface area contributed by atoms with Crippen LogP contribution in [0.5, 0.6) is 0 Å². The molecule has 0 bridgehead atoms. The molecule has 1 atom stereocenters. The van der Waals surface area contributed by atoms with Gasteiger partial charge in [0.15, 0.2) is 5.90 Å². The molecule has 0 radical (unpaired) electrons. The zero-order valence-electron chi connectivity index (χ0n) is 17.5. The van der Waals surface area contributed by atoms with Gasteiger partial charge in [-0.25, -0.2) is 4.99 Å². The largest absolute Gasteiger partial charge is 0.479 e. The molecule has 1 rings (SSSR count). The summed E-state index contributed by atoms with van der Waals surface area (Å²) in [6, 6.07) is 0.409. The fourth-order valence-corrected chi connectivity index (χ4v) is 3.57. The van der Waals surface area contributed by atoms with Gasteiger partial charge in [0.2, 0.25) is 0 Å². The van der Waals surface area contributed by atoms with Crippen LogP contribution in [0.4, 0.5) is 0 Å². The second kappa shape index (κ2) is 15.7. The summed E-state index contributed by atoms with van der Waals surface area (Å²) in [5.74, 6) is 1.63. The van der Waals surface area contributed by atoms with Gasteiger partial charge in [-0.15, -0.1) is 0 Å². The van der Waals surface area contributed by atoms with Crippen molar-refractivity contribution < 1.29 is 4.74 Å². The fourth-order valence-electron chi connectivity index (χ4n) is 3.57. The molecule has 0 aliphatic carbocycles. The van der Waals surface area contributed by atoms with Crippen LogP contribution < -0.4 is 0 Å². The summed E-state index contributed by atoms with van der Waals surface area (Å²) in [5.41, 5.74) is 0. The first-order valence-electron chi connectivity index (χ1n) is 11.4. The summed E-state index contributed by atoms with van der Waals surface area (Å²) in [5, 5.41) is 0. The highest BCUT2D eigenvalue weighted by molar-refractivity contribution is 5.77. The third kappa shape index (κ3) is 12.5. The highest BCUT2D eigenvalue weighted by atomic mass is 16.5. The Balaban J connectivity index is 1.76. The summed E-state index contributed by atoms with van der Waals surface area (Å²) in [6.07, 6.45) is 22.3. The molecule has 2 heteroatoms. The molecular formula is C23H45NO. The van der Waals surface area contributed by atoms with Crippen molar-refractivity contribution in [2.75, 3.05) is 6.61 Å². The van der Waals surface area contributed by atoms with Gasteiger partial charge in [-0.05, 0) is 12.3 Å². The first kappa shape index (κ1) is 22.5. The number of hydrogen-bond acceptors (Lipinski definition) is 2. The highest BCUT2D eigenvalue weighted by Crippen LogP contribution is 2.17. The van der Waals surface area contributed by atoms with Gasteiger partial charge < -0.3 is 4.74 Å². The highest BCUT2D eigenvalue weighted by Gasteiger charge is 2.20. The number of nitrogens with zero attached hydrogens (tertiary/aromatic N) is 1. The van der Waals surface area contributed by atoms with Crippen LogP contribution in [-0.4, -0.2) is 18.5 Å². The van der Waals surface area contributed by atoms with Crippen LogP contribution >= 0.6 is 0 Å². The lowest BCUT2D eigenvalue weighted by Crippen LogP contribution is -2.13. The van der Waals surface area contributed by atoms with Crippen molar-refractivity contribution in [3.8, 4) is 0 Å². The van der Waals surface area contributed by atoms with Crippen LogP contribution in [0.2, 0.25) is 0 Å². The van der Waals surface area contributed by atoms with Gasteiger partial charge in [0, 0.05) is 6.42 Å². The molecule has 2 nitrogen and oxygen atoms in total. The summed E-state index contributed by atoms with van der Waals surface area (Å²) in [6.45, 7) is 7.56. The molecule has 0 aromatic rings. The monoisotopic (exact) mass is 351 g/mol. The van der Waals surface area contributed by atoms with E-state index >= 15 is 0 Å². The van der Waals surface area contributed by atoms with Crippen molar-refractivity contribution >= 4 is 5.90 Å². The molecular weight excluding hydrogens is 306 g/mol. The standard InChI is InChI=1S/C23H45NO/c1-4-5-6-7-8-9-10-11-12-13-14-15-16-17-18-19-23-24-22(20-25-23)21(2)3/h21-22H,4-20H2,1-3H3/t22-/m1/s1. The van der Waals surface area contributed by atoms with E-state index in [1.54, 1.807) is 0 Å². The molecule has 0 spiro atoms. The zero-order chi connectivity index (χ0) is 18.2. The Morgan fingerprint density at radius 1 is 0.760 bits per heavy atom. The van der Waals surface area contributed by atoms with Crippen molar-refractivity contribution in [2.45, 2.75) is 130 Å². The van der Waals surface area contributed by atoms with E-state index in [9.17, 15) is 0 Å². The van der Waals surface area contributed by atoms with E-state index in [-0.39, 0.29) is 0 Å². The Kier molecular flexibility index (Phi) is 14.1. The lowest BCUT2D eigenvalue weighted by atomic mass is 10.0. The number of unbranched alkanes of at least 4 members (excludes halogenated alkanes) is 14. The van der Waals surface area contributed by atoms with E-state index in [1.165, 1.54) is 96.3 Å². The average Bonchev–Trinajstić information content (AvgIpc) is 3.07. The van der Waals surface area contributed by atoms with E-state index < -0.39 is 0 Å². The van der Waals surface area contributed by atoms with Gasteiger partial charge in [-0.1, -0.05) is 111 Å². The fraction of sp³-hybridized carbons (Fsp3) is 0.957. The molecule has 0 unspecified atom stereocenters. The molecule has 0 aromatic heterocycles. The predicted octanol–water partition coefficient (Wildman–Crippen LogP) is 7.70. The van der Waals surface area contributed by atoms with Crippen molar-refractivity contribution in [3.05, 3.63) is 0 Å². The quantitative estimate of drug-likeness (QED) is 0.246. The smallest absolute Gasteiger partial charge is 0.183 e. The van der Waals surface area contributed by atoms with Crippen LogP contribution in [0.1, 0.15) is 124 Å². The molecule has 0 saturated heterocycles. The lowest BCUT2D eigenvalue weighted by Gasteiger charge is -2.06. The van der Waals surface area contributed by atoms with Gasteiger partial charge in [0.1, 0.15) is 6.61 Å². The number of hydrogen-bond donors (Lipinski definition) is 0. The maximum absolute atomic E-state index is 5.70. The van der Waals surface area contributed by atoms with Gasteiger partial charge in [-0.3, -0.25) is 0 Å². The van der Waals surface area contributed by atoms with E-state index in [2.05, 4.69) is 25.8 Å². The van der Waals surface area contributed by atoms with Gasteiger partial charge in [0.25, 0.3) is 0 Å². The Bertz CT molecular complexity index is 324. The topological polar surface area (TPSA) is 21.6 Å².